The van der Waals surface area contributed by atoms with Crippen molar-refractivity contribution in [3.8, 4) is 5.75 Å². The van der Waals surface area contributed by atoms with E-state index in [-0.39, 0.29) is 18.8 Å². The molecule has 1 aliphatic rings. The first-order chi connectivity index (χ1) is 15.1. The van der Waals surface area contributed by atoms with Crippen molar-refractivity contribution in [1.29, 1.82) is 0 Å². The van der Waals surface area contributed by atoms with Gasteiger partial charge in [0.15, 0.2) is 0 Å². The van der Waals surface area contributed by atoms with Gasteiger partial charge < -0.3 is 14.4 Å². The van der Waals surface area contributed by atoms with E-state index in [4.69, 9.17) is 4.74 Å². The summed E-state index contributed by atoms with van der Waals surface area (Å²) in [6.45, 7) is 3.32. The molecule has 170 valence electrons. The normalized spacial score (nSPS) is 16.3. The summed E-state index contributed by atoms with van der Waals surface area (Å²) in [7, 11) is 0. The fraction of sp³-hybridized carbons (Fsp3) is 0.300. The Kier molecular flexibility index (Phi) is 6.51. The smallest absolute Gasteiger partial charge is 0.450 e. The summed E-state index contributed by atoms with van der Waals surface area (Å²) < 4.78 is 45.7. The van der Waals surface area contributed by atoms with Gasteiger partial charge in [0.25, 0.3) is 5.91 Å². The van der Waals surface area contributed by atoms with Crippen molar-refractivity contribution in [1.82, 2.24) is 9.88 Å². The Morgan fingerprint density at radius 2 is 1.88 bits per heavy atom. The predicted molar refractivity (Wildman–Crippen MR) is 106 cm³/mol. The lowest BCUT2D eigenvalue weighted by atomic mass is 10.2. The number of pyridine rings is 1. The van der Waals surface area contributed by atoms with Gasteiger partial charge >= 0.3 is 18.5 Å². The number of carbonyl (C=O) groups is 3. The largest absolute Gasteiger partial charge is 0.573 e. The van der Waals surface area contributed by atoms with Crippen LogP contribution in [0.25, 0.3) is 0 Å². The minimum Gasteiger partial charge on any atom is -0.450 e. The lowest BCUT2D eigenvalue weighted by molar-refractivity contribution is -0.274. The van der Waals surface area contributed by atoms with Gasteiger partial charge in [-0.25, -0.2) is 14.5 Å². The highest BCUT2D eigenvalue weighted by atomic mass is 19.4. The highest BCUT2D eigenvalue weighted by Crippen LogP contribution is 2.30. The Morgan fingerprint density at radius 3 is 2.50 bits per heavy atom. The van der Waals surface area contributed by atoms with E-state index < -0.39 is 36.2 Å². The maximum absolute atomic E-state index is 13.0. The Morgan fingerprint density at radius 1 is 1.19 bits per heavy atom. The summed E-state index contributed by atoms with van der Waals surface area (Å²) in [5.41, 5.74) is 0.922. The van der Waals surface area contributed by atoms with Crippen LogP contribution in [0.2, 0.25) is 0 Å². The summed E-state index contributed by atoms with van der Waals surface area (Å²) in [4.78, 5) is 43.5. The molecule has 3 rings (SSSR count). The van der Waals surface area contributed by atoms with Crippen molar-refractivity contribution in [2.75, 3.05) is 16.8 Å². The third-order valence-electron chi connectivity index (χ3n) is 4.57. The standard InChI is InChI=1S/C20H19F3N4O5/c1-3-31-18(29)25-16-10-24-9-8-13(16)11-26-12(2)17(28)27(19(26)30)14-4-6-15(7-5-14)32-20(21,22)23/h4-10,12H,3,11H2,1-2H3,(H,25,29). The Balaban J connectivity index is 1.79. The van der Waals surface area contributed by atoms with Crippen molar-refractivity contribution in [3.05, 3.63) is 48.3 Å². The van der Waals surface area contributed by atoms with E-state index in [0.717, 1.165) is 17.0 Å². The van der Waals surface area contributed by atoms with Crippen molar-refractivity contribution < 1.29 is 37.0 Å². The number of urea groups is 1. The van der Waals surface area contributed by atoms with E-state index in [0.29, 0.717) is 11.3 Å². The second-order valence-corrected chi connectivity index (χ2v) is 6.68. The molecule has 1 unspecified atom stereocenters. The zero-order valence-corrected chi connectivity index (χ0v) is 17.0. The molecule has 32 heavy (non-hydrogen) atoms. The number of nitrogens with zero attached hydrogens (tertiary/aromatic N) is 3. The molecule has 4 amide bonds. The van der Waals surface area contributed by atoms with Crippen LogP contribution in [0.4, 0.5) is 34.1 Å². The molecule has 12 heteroatoms. The fourth-order valence-corrected chi connectivity index (χ4v) is 3.08. The third-order valence-corrected chi connectivity index (χ3v) is 4.57. The van der Waals surface area contributed by atoms with Crippen molar-refractivity contribution >= 4 is 29.4 Å². The molecule has 0 bridgehead atoms. The number of imide groups is 1. The van der Waals surface area contributed by atoms with Gasteiger partial charge in [0.1, 0.15) is 11.8 Å². The molecule has 1 aromatic carbocycles. The Hall–Kier alpha value is -3.83. The van der Waals surface area contributed by atoms with E-state index in [1.54, 1.807) is 13.0 Å². The molecule has 9 nitrogen and oxygen atoms in total. The second-order valence-electron chi connectivity index (χ2n) is 6.68. The third kappa shape index (κ3) is 5.07. The monoisotopic (exact) mass is 452 g/mol. The first-order valence-corrected chi connectivity index (χ1v) is 9.47. The summed E-state index contributed by atoms with van der Waals surface area (Å²) in [6.07, 6.45) is -2.69. The molecule has 1 N–H and O–H groups in total. The number of carbonyl (C=O) groups excluding carboxylic acids is 3. The summed E-state index contributed by atoms with van der Waals surface area (Å²) in [5, 5.41) is 2.53. The topological polar surface area (TPSA) is 101 Å². The van der Waals surface area contributed by atoms with Crippen LogP contribution in [0.15, 0.2) is 42.7 Å². The van der Waals surface area contributed by atoms with Crippen LogP contribution in [0.1, 0.15) is 19.4 Å². The molecule has 2 heterocycles. The van der Waals surface area contributed by atoms with Crippen molar-refractivity contribution in [3.63, 3.8) is 0 Å². The lowest BCUT2D eigenvalue weighted by Gasteiger charge is -2.21. The average molecular weight is 452 g/mol. The number of rotatable bonds is 6. The minimum atomic E-state index is -4.86. The SMILES string of the molecule is CCOC(=O)Nc1cnccc1CN1C(=O)N(c2ccc(OC(F)(F)F)cc2)C(=O)C1C. The van der Waals surface area contributed by atoms with E-state index in [1.807, 2.05) is 0 Å². The number of benzene rings is 1. The van der Waals surface area contributed by atoms with Crippen molar-refractivity contribution in [2.45, 2.75) is 32.8 Å². The molecule has 0 radical (unpaired) electrons. The van der Waals surface area contributed by atoms with Gasteiger partial charge in [0.05, 0.1) is 30.7 Å². The number of halogens is 3. The van der Waals surface area contributed by atoms with Gasteiger partial charge in [0, 0.05) is 6.20 Å². The fourth-order valence-electron chi connectivity index (χ4n) is 3.08. The molecule has 1 atom stereocenters. The van der Waals surface area contributed by atoms with E-state index in [9.17, 15) is 27.6 Å². The highest BCUT2D eigenvalue weighted by Gasteiger charge is 2.43. The summed E-state index contributed by atoms with van der Waals surface area (Å²) >= 11 is 0. The number of alkyl halides is 3. The van der Waals surface area contributed by atoms with Gasteiger partial charge in [-0.15, -0.1) is 13.2 Å². The molecule has 1 fully saturated rings. The zero-order chi connectivity index (χ0) is 23.5. The van der Waals surface area contributed by atoms with Crippen LogP contribution < -0.4 is 15.0 Å². The molecule has 1 aliphatic heterocycles. The van der Waals surface area contributed by atoms with E-state index in [2.05, 4.69) is 15.0 Å². The molecule has 0 saturated carbocycles. The predicted octanol–water partition coefficient (Wildman–Crippen LogP) is 3.91. The average Bonchev–Trinajstić information content (AvgIpc) is 2.92. The number of anilines is 2. The maximum Gasteiger partial charge on any atom is 0.573 e. The number of amides is 4. The Labute approximate surface area is 180 Å². The summed E-state index contributed by atoms with van der Waals surface area (Å²) in [6, 6.07) is 4.48. The van der Waals surface area contributed by atoms with E-state index >= 15 is 0 Å². The van der Waals surface area contributed by atoms with Gasteiger partial charge in [0.2, 0.25) is 0 Å². The molecule has 0 spiro atoms. The molecular formula is C20H19F3N4O5. The number of hydrogen-bond acceptors (Lipinski definition) is 6. The molecular weight excluding hydrogens is 433 g/mol. The Bertz CT molecular complexity index is 1010. The first-order valence-electron chi connectivity index (χ1n) is 9.47. The van der Waals surface area contributed by atoms with Crippen LogP contribution >= 0.6 is 0 Å². The first kappa shape index (κ1) is 22.8. The number of ether oxygens (including phenoxy) is 2. The zero-order valence-electron chi connectivity index (χ0n) is 17.0. The van der Waals surface area contributed by atoms with Crippen LogP contribution in [0.5, 0.6) is 5.75 Å². The minimum absolute atomic E-state index is 0.0260. The number of hydrogen-bond donors (Lipinski definition) is 1. The van der Waals surface area contributed by atoms with Gasteiger partial charge in [-0.05, 0) is 49.7 Å². The number of aromatic nitrogens is 1. The second kappa shape index (κ2) is 9.12. The van der Waals surface area contributed by atoms with Gasteiger partial charge in [-0.3, -0.25) is 15.1 Å². The van der Waals surface area contributed by atoms with E-state index in [1.165, 1.54) is 36.4 Å². The van der Waals surface area contributed by atoms with Crippen LogP contribution in [0, 0.1) is 0 Å². The molecule has 2 aromatic rings. The van der Waals surface area contributed by atoms with Gasteiger partial charge in [-0.1, -0.05) is 0 Å². The molecule has 0 aliphatic carbocycles. The van der Waals surface area contributed by atoms with Crippen molar-refractivity contribution in [2.24, 2.45) is 0 Å². The number of nitrogens with one attached hydrogen (secondary N) is 1. The lowest BCUT2D eigenvalue weighted by Crippen LogP contribution is -2.33. The summed E-state index contributed by atoms with van der Waals surface area (Å²) in [5.74, 6) is -1.02. The van der Waals surface area contributed by atoms with Gasteiger partial charge in [-0.2, -0.15) is 0 Å². The highest BCUT2D eigenvalue weighted by molar-refractivity contribution is 6.21. The molecule has 1 aromatic heterocycles. The molecule has 1 saturated heterocycles. The van der Waals surface area contributed by atoms with Crippen LogP contribution in [-0.4, -0.2) is 46.9 Å². The van der Waals surface area contributed by atoms with Crippen LogP contribution in [-0.2, 0) is 16.1 Å². The van der Waals surface area contributed by atoms with Crippen LogP contribution in [0.3, 0.4) is 0 Å². The quantitative estimate of drug-likeness (QED) is 0.667. The maximum atomic E-state index is 13.0.